The van der Waals surface area contributed by atoms with Crippen LogP contribution in [-0.4, -0.2) is 41.9 Å². The Hall–Kier alpha value is -2.83. The zero-order chi connectivity index (χ0) is 25.4. The van der Waals surface area contributed by atoms with Gasteiger partial charge in [-0.25, -0.2) is 22.8 Å². The van der Waals surface area contributed by atoms with Crippen LogP contribution in [0.4, 0.5) is 13.2 Å². The number of benzene rings is 1. The summed E-state index contributed by atoms with van der Waals surface area (Å²) in [7, 11) is -4.26. The molecule has 0 bridgehead atoms. The van der Waals surface area contributed by atoms with Crippen molar-refractivity contribution in [3.8, 4) is 11.7 Å². The number of rotatable bonds is 8. The van der Waals surface area contributed by atoms with Crippen LogP contribution in [0.25, 0.3) is 5.82 Å². The second-order valence-electron chi connectivity index (χ2n) is 7.85. The van der Waals surface area contributed by atoms with Crippen LogP contribution in [0.1, 0.15) is 29.6 Å². The standard InChI is InChI=1S/C21H17Cl2F3N4O4S/c22-14-3-1-2-4-15(14)35(32,33)29-19(31)13-5-6-16(27-18(13)23)30-11-7-17(28-30)34-12-10-20(8-9-20)21(24,25)26/h1-7,11H,8-10,12H2,(H,29,31). The first-order chi connectivity index (χ1) is 16.4. The number of hydrogen-bond donors (Lipinski definition) is 1. The molecule has 35 heavy (non-hydrogen) atoms. The fourth-order valence-corrected chi connectivity index (χ4v) is 5.03. The minimum atomic E-state index is -4.26. The van der Waals surface area contributed by atoms with Crippen LogP contribution in [0.5, 0.6) is 5.88 Å². The Labute approximate surface area is 208 Å². The van der Waals surface area contributed by atoms with E-state index in [1.165, 1.54) is 47.3 Å². The smallest absolute Gasteiger partial charge is 0.394 e. The van der Waals surface area contributed by atoms with Gasteiger partial charge >= 0.3 is 6.18 Å². The van der Waals surface area contributed by atoms with E-state index in [9.17, 15) is 26.4 Å². The number of carbonyl (C=O) groups is 1. The van der Waals surface area contributed by atoms with E-state index in [1.54, 1.807) is 6.07 Å². The van der Waals surface area contributed by atoms with E-state index in [0.717, 1.165) is 0 Å². The summed E-state index contributed by atoms with van der Waals surface area (Å²) in [4.78, 5) is 16.3. The zero-order valence-corrected chi connectivity index (χ0v) is 20.0. The van der Waals surface area contributed by atoms with Crippen LogP contribution in [0.2, 0.25) is 10.2 Å². The predicted octanol–water partition coefficient (Wildman–Crippen LogP) is 4.80. The summed E-state index contributed by atoms with van der Waals surface area (Å²) >= 11 is 12.0. The maximum atomic E-state index is 13.0. The molecule has 1 aliphatic rings. The molecule has 186 valence electrons. The molecule has 1 amide bonds. The Balaban J connectivity index is 1.42. The lowest BCUT2D eigenvalue weighted by atomic mass is 10.0. The monoisotopic (exact) mass is 548 g/mol. The lowest BCUT2D eigenvalue weighted by Crippen LogP contribution is -2.31. The number of alkyl halides is 3. The van der Waals surface area contributed by atoms with E-state index in [1.807, 2.05) is 4.72 Å². The summed E-state index contributed by atoms with van der Waals surface area (Å²) in [6, 6.07) is 9.67. The molecule has 3 aromatic rings. The van der Waals surface area contributed by atoms with E-state index >= 15 is 0 Å². The van der Waals surface area contributed by atoms with Gasteiger partial charge in [-0.3, -0.25) is 4.79 Å². The molecule has 1 saturated carbocycles. The third-order valence-electron chi connectivity index (χ3n) is 5.52. The van der Waals surface area contributed by atoms with Gasteiger partial charge in [0.1, 0.15) is 10.0 Å². The van der Waals surface area contributed by atoms with Crippen molar-refractivity contribution in [2.75, 3.05) is 6.61 Å². The van der Waals surface area contributed by atoms with Crippen LogP contribution in [0.15, 0.2) is 53.6 Å². The van der Waals surface area contributed by atoms with Gasteiger partial charge in [-0.05, 0) is 43.5 Å². The molecule has 0 atom stereocenters. The minimum Gasteiger partial charge on any atom is -0.477 e. The van der Waals surface area contributed by atoms with Gasteiger partial charge in [0.15, 0.2) is 5.82 Å². The molecule has 0 saturated heterocycles. The highest BCUT2D eigenvalue weighted by atomic mass is 35.5. The SMILES string of the molecule is O=C(NS(=O)(=O)c1ccccc1Cl)c1ccc(-n2ccc(OCCC3(C(F)(F)F)CC3)n2)nc1Cl. The van der Waals surface area contributed by atoms with E-state index < -0.39 is 27.5 Å². The predicted molar refractivity (Wildman–Crippen MR) is 120 cm³/mol. The van der Waals surface area contributed by atoms with Crippen LogP contribution in [0.3, 0.4) is 0 Å². The van der Waals surface area contributed by atoms with E-state index in [0.29, 0.717) is 0 Å². The van der Waals surface area contributed by atoms with Crippen molar-refractivity contribution in [2.24, 2.45) is 5.41 Å². The van der Waals surface area contributed by atoms with E-state index in [4.69, 9.17) is 27.9 Å². The Morgan fingerprint density at radius 1 is 1.14 bits per heavy atom. The number of amides is 1. The first-order valence-electron chi connectivity index (χ1n) is 10.2. The number of hydrogen-bond acceptors (Lipinski definition) is 6. The van der Waals surface area contributed by atoms with Gasteiger partial charge < -0.3 is 4.74 Å². The van der Waals surface area contributed by atoms with Crippen LogP contribution in [-0.2, 0) is 10.0 Å². The van der Waals surface area contributed by atoms with Crippen LogP contribution < -0.4 is 9.46 Å². The first-order valence-corrected chi connectivity index (χ1v) is 12.4. The Bertz CT molecular complexity index is 1370. The molecule has 2 aromatic heterocycles. The van der Waals surface area contributed by atoms with Gasteiger partial charge in [0, 0.05) is 12.3 Å². The second kappa shape index (κ2) is 9.32. The highest BCUT2D eigenvalue weighted by Crippen LogP contribution is 2.59. The van der Waals surface area contributed by atoms with Crippen molar-refractivity contribution < 1.29 is 31.1 Å². The van der Waals surface area contributed by atoms with Crippen molar-refractivity contribution in [1.29, 1.82) is 0 Å². The highest BCUT2D eigenvalue weighted by molar-refractivity contribution is 7.90. The number of sulfonamides is 1. The average molecular weight is 549 g/mol. The molecule has 1 aliphatic carbocycles. The third-order valence-corrected chi connectivity index (χ3v) is 7.64. The van der Waals surface area contributed by atoms with Gasteiger partial charge in [0.05, 0.1) is 22.6 Å². The maximum absolute atomic E-state index is 13.0. The molecular formula is C21H17Cl2F3N4O4S. The van der Waals surface area contributed by atoms with Gasteiger partial charge in [-0.2, -0.15) is 13.2 Å². The van der Waals surface area contributed by atoms with Gasteiger partial charge in [0.25, 0.3) is 15.9 Å². The van der Waals surface area contributed by atoms with Crippen molar-refractivity contribution in [2.45, 2.75) is 30.3 Å². The van der Waals surface area contributed by atoms with E-state index in [-0.39, 0.29) is 58.2 Å². The summed E-state index contributed by atoms with van der Waals surface area (Å²) in [6.07, 6.45) is -2.77. The summed E-state index contributed by atoms with van der Waals surface area (Å²) < 4.78 is 72.4. The van der Waals surface area contributed by atoms with E-state index in [2.05, 4.69) is 10.1 Å². The fourth-order valence-electron chi connectivity index (χ4n) is 3.31. The van der Waals surface area contributed by atoms with Crippen LogP contribution >= 0.6 is 23.2 Å². The van der Waals surface area contributed by atoms with Crippen molar-refractivity contribution in [1.82, 2.24) is 19.5 Å². The van der Waals surface area contributed by atoms with Crippen molar-refractivity contribution in [3.63, 3.8) is 0 Å². The van der Waals surface area contributed by atoms with Gasteiger partial charge in [-0.15, -0.1) is 5.10 Å². The summed E-state index contributed by atoms with van der Waals surface area (Å²) in [5, 5.41) is 3.73. The van der Waals surface area contributed by atoms with Gasteiger partial charge in [-0.1, -0.05) is 35.3 Å². The topological polar surface area (TPSA) is 103 Å². The molecule has 1 N–H and O–H groups in total. The number of nitrogens with zero attached hydrogens (tertiary/aromatic N) is 3. The lowest BCUT2D eigenvalue weighted by molar-refractivity contribution is -0.190. The minimum absolute atomic E-state index is 0.0604. The summed E-state index contributed by atoms with van der Waals surface area (Å²) in [6.45, 7) is -0.149. The lowest BCUT2D eigenvalue weighted by Gasteiger charge is -2.18. The number of halogens is 5. The quantitative estimate of drug-likeness (QED) is 0.405. The van der Waals surface area contributed by atoms with Crippen molar-refractivity contribution >= 4 is 39.1 Å². The zero-order valence-electron chi connectivity index (χ0n) is 17.7. The largest absolute Gasteiger partial charge is 0.477 e. The molecule has 0 aliphatic heterocycles. The molecule has 8 nitrogen and oxygen atoms in total. The number of ether oxygens (including phenoxy) is 1. The van der Waals surface area contributed by atoms with Crippen molar-refractivity contribution in [3.05, 3.63) is 64.4 Å². The summed E-state index contributed by atoms with van der Waals surface area (Å²) in [5.74, 6) is -0.755. The molecule has 1 aromatic carbocycles. The molecule has 0 radical (unpaired) electrons. The van der Waals surface area contributed by atoms with Gasteiger partial charge in [0.2, 0.25) is 5.88 Å². The number of carbonyl (C=O) groups excluding carboxylic acids is 1. The Kier molecular flexibility index (Phi) is 6.73. The molecule has 2 heterocycles. The molecular weight excluding hydrogens is 532 g/mol. The average Bonchev–Trinajstić information content (AvgIpc) is 3.43. The first kappa shape index (κ1) is 25.3. The number of aromatic nitrogens is 3. The number of nitrogens with one attached hydrogen (secondary N) is 1. The second-order valence-corrected chi connectivity index (χ2v) is 10.3. The summed E-state index contributed by atoms with van der Waals surface area (Å²) in [5.41, 5.74) is -1.88. The third kappa shape index (κ3) is 5.39. The Morgan fingerprint density at radius 2 is 1.86 bits per heavy atom. The number of pyridine rings is 1. The normalized spacial score (nSPS) is 15.0. The molecule has 0 unspecified atom stereocenters. The maximum Gasteiger partial charge on any atom is 0.394 e. The highest BCUT2D eigenvalue weighted by Gasteiger charge is 2.62. The molecule has 14 heteroatoms. The fraction of sp³-hybridized carbons (Fsp3) is 0.286. The van der Waals surface area contributed by atoms with Crippen LogP contribution in [0, 0.1) is 5.41 Å². The molecule has 1 fully saturated rings. The Morgan fingerprint density at radius 3 is 2.49 bits per heavy atom. The molecule has 0 spiro atoms. The molecule has 4 rings (SSSR count).